The molecule has 0 amide bonds. The molecule has 0 aliphatic heterocycles. The van der Waals surface area contributed by atoms with Gasteiger partial charge in [-0.3, -0.25) is 4.79 Å². The topological polar surface area (TPSA) is 92.9 Å². The first kappa shape index (κ1) is 14.5. The maximum atomic E-state index is 11.0. The number of hydrogen-bond acceptors (Lipinski definition) is 5. The van der Waals surface area contributed by atoms with Crippen LogP contribution in [0, 0.1) is 12.8 Å². The van der Waals surface area contributed by atoms with Gasteiger partial charge in [0.15, 0.2) is 0 Å². The van der Waals surface area contributed by atoms with Crippen molar-refractivity contribution >= 4 is 11.7 Å². The van der Waals surface area contributed by atoms with E-state index in [1.54, 1.807) is 11.0 Å². The van der Waals surface area contributed by atoms with Crippen molar-refractivity contribution in [1.82, 2.24) is 20.2 Å². The molecule has 0 unspecified atom stereocenters. The molecule has 2 aromatic rings. The number of nitrogens with zero attached hydrogens (tertiary/aromatic N) is 4. The molecular weight excluding hydrogens is 282 g/mol. The predicted octanol–water partition coefficient (Wildman–Crippen LogP) is 2.03. The minimum absolute atomic E-state index is 0.187. The quantitative estimate of drug-likeness (QED) is 0.897. The van der Waals surface area contributed by atoms with Gasteiger partial charge < -0.3 is 10.4 Å². The third-order valence-electron chi connectivity index (χ3n) is 4.25. The molecular formula is C15H19N5O2. The summed E-state index contributed by atoms with van der Waals surface area (Å²) in [5.41, 5.74) is 3.04. The number of rotatable bonds is 4. The van der Waals surface area contributed by atoms with Gasteiger partial charge >= 0.3 is 5.97 Å². The van der Waals surface area contributed by atoms with E-state index in [0.717, 1.165) is 42.6 Å². The molecule has 1 fully saturated rings. The van der Waals surface area contributed by atoms with Gasteiger partial charge in [-0.25, -0.2) is 4.68 Å². The van der Waals surface area contributed by atoms with Crippen molar-refractivity contribution in [1.29, 1.82) is 0 Å². The number of aliphatic carboxylic acids is 1. The Bertz CT molecular complexity index is 648. The Hall–Kier alpha value is -2.44. The second-order valence-corrected chi connectivity index (χ2v) is 5.79. The van der Waals surface area contributed by atoms with Crippen LogP contribution in [0.15, 0.2) is 24.5 Å². The number of carboxylic acid groups (broad SMARTS) is 1. The molecule has 0 spiro atoms. The van der Waals surface area contributed by atoms with Crippen molar-refractivity contribution in [3.63, 3.8) is 0 Å². The zero-order valence-electron chi connectivity index (χ0n) is 12.4. The first-order valence-electron chi connectivity index (χ1n) is 7.47. The van der Waals surface area contributed by atoms with E-state index in [1.165, 1.54) is 0 Å². The number of aryl methyl sites for hydroxylation is 1. The third kappa shape index (κ3) is 3.08. The minimum Gasteiger partial charge on any atom is -0.481 e. The Balaban J connectivity index is 1.69. The van der Waals surface area contributed by atoms with Crippen molar-refractivity contribution in [2.75, 3.05) is 5.32 Å². The fourth-order valence-corrected chi connectivity index (χ4v) is 2.94. The lowest BCUT2D eigenvalue weighted by molar-refractivity contribution is -0.142. The van der Waals surface area contributed by atoms with E-state index in [2.05, 4.69) is 20.8 Å². The van der Waals surface area contributed by atoms with Crippen LogP contribution < -0.4 is 5.32 Å². The van der Waals surface area contributed by atoms with E-state index in [0.29, 0.717) is 6.04 Å². The standard InChI is InChI=1S/C15H19N5O2/c1-10-2-5-13(8-14(10)20-9-16-18-19-20)17-12-6-3-11(4-7-12)15(21)22/h2,5,8-9,11-12,17H,3-4,6-7H2,1H3,(H,21,22). The van der Waals surface area contributed by atoms with Crippen LogP contribution in [-0.2, 0) is 4.79 Å². The van der Waals surface area contributed by atoms with E-state index in [9.17, 15) is 4.79 Å². The fraction of sp³-hybridized carbons (Fsp3) is 0.467. The van der Waals surface area contributed by atoms with Crippen LogP contribution in [0.25, 0.3) is 5.69 Å². The van der Waals surface area contributed by atoms with E-state index >= 15 is 0 Å². The van der Waals surface area contributed by atoms with Crippen molar-refractivity contribution in [3.05, 3.63) is 30.1 Å². The number of hydrogen-bond donors (Lipinski definition) is 2. The molecule has 0 bridgehead atoms. The van der Waals surface area contributed by atoms with Crippen molar-refractivity contribution in [3.8, 4) is 5.69 Å². The molecule has 0 radical (unpaired) electrons. The summed E-state index contributed by atoms with van der Waals surface area (Å²) in [4.78, 5) is 11.0. The van der Waals surface area contributed by atoms with E-state index in [-0.39, 0.29) is 5.92 Å². The maximum absolute atomic E-state index is 11.0. The summed E-state index contributed by atoms with van der Waals surface area (Å²) in [5, 5.41) is 23.8. The summed E-state index contributed by atoms with van der Waals surface area (Å²) in [6.45, 7) is 2.01. The highest BCUT2D eigenvalue weighted by atomic mass is 16.4. The molecule has 7 heteroatoms. The summed E-state index contributed by atoms with van der Waals surface area (Å²) >= 11 is 0. The predicted molar refractivity (Wildman–Crippen MR) is 80.9 cm³/mol. The molecule has 2 N–H and O–H groups in total. The molecule has 3 rings (SSSR count). The molecule has 1 aromatic carbocycles. The third-order valence-corrected chi connectivity index (χ3v) is 4.25. The van der Waals surface area contributed by atoms with Gasteiger partial charge in [0.1, 0.15) is 6.33 Å². The number of nitrogens with one attached hydrogen (secondary N) is 1. The summed E-state index contributed by atoms with van der Waals surface area (Å²) in [6.07, 6.45) is 4.80. The van der Waals surface area contributed by atoms with Gasteiger partial charge in [0.2, 0.25) is 0 Å². The van der Waals surface area contributed by atoms with Crippen LogP contribution in [0.1, 0.15) is 31.2 Å². The summed E-state index contributed by atoms with van der Waals surface area (Å²) in [7, 11) is 0. The lowest BCUT2D eigenvalue weighted by Gasteiger charge is -2.27. The van der Waals surface area contributed by atoms with Crippen molar-refractivity contribution in [2.45, 2.75) is 38.6 Å². The summed E-state index contributed by atoms with van der Waals surface area (Å²) < 4.78 is 1.64. The molecule has 0 saturated heterocycles. The van der Waals surface area contributed by atoms with Gasteiger partial charge in [-0.1, -0.05) is 6.07 Å². The van der Waals surface area contributed by atoms with Crippen LogP contribution in [0.3, 0.4) is 0 Å². The Morgan fingerprint density at radius 2 is 2.09 bits per heavy atom. The average molecular weight is 301 g/mol. The Morgan fingerprint density at radius 3 is 2.73 bits per heavy atom. The first-order valence-corrected chi connectivity index (χ1v) is 7.47. The highest BCUT2D eigenvalue weighted by molar-refractivity contribution is 5.70. The van der Waals surface area contributed by atoms with Crippen LogP contribution in [0.2, 0.25) is 0 Å². The van der Waals surface area contributed by atoms with E-state index < -0.39 is 5.97 Å². The van der Waals surface area contributed by atoms with Crippen LogP contribution in [0.4, 0.5) is 5.69 Å². The number of carboxylic acids is 1. The lowest BCUT2D eigenvalue weighted by atomic mass is 9.86. The monoisotopic (exact) mass is 301 g/mol. The van der Waals surface area contributed by atoms with Crippen LogP contribution in [0.5, 0.6) is 0 Å². The van der Waals surface area contributed by atoms with Gasteiger partial charge in [-0.2, -0.15) is 0 Å². The molecule has 1 aliphatic carbocycles. The molecule has 22 heavy (non-hydrogen) atoms. The van der Waals surface area contributed by atoms with Gasteiger partial charge in [0.05, 0.1) is 11.6 Å². The Morgan fingerprint density at radius 1 is 1.32 bits per heavy atom. The van der Waals surface area contributed by atoms with Crippen molar-refractivity contribution < 1.29 is 9.90 Å². The normalized spacial score (nSPS) is 21.5. The van der Waals surface area contributed by atoms with Crippen LogP contribution in [-0.4, -0.2) is 37.3 Å². The van der Waals surface area contributed by atoms with Gasteiger partial charge in [-0.05, 0) is 60.7 Å². The van der Waals surface area contributed by atoms with E-state index in [1.807, 2.05) is 25.1 Å². The molecule has 7 nitrogen and oxygen atoms in total. The Kier molecular flexibility index (Phi) is 4.04. The SMILES string of the molecule is Cc1ccc(NC2CCC(C(=O)O)CC2)cc1-n1cnnn1. The zero-order valence-corrected chi connectivity index (χ0v) is 12.4. The number of aromatic nitrogens is 4. The second kappa shape index (κ2) is 6.13. The number of carbonyl (C=O) groups is 1. The van der Waals surface area contributed by atoms with Crippen LogP contribution >= 0.6 is 0 Å². The van der Waals surface area contributed by atoms with Gasteiger partial charge in [-0.15, -0.1) is 5.10 Å². The number of anilines is 1. The molecule has 1 aromatic heterocycles. The molecule has 116 valence electrons. The van der Waals surface area contributed by atoms with E-state index in [4.69, 9.17) is 5.11 Å². The minimum atomic E-state index is -0.672. The summed E-state index contributed by atoms with van der Waals surface area (Å²) in [6, 6.07) is 6.41. The number of tetrazole rings is 1. The highest BCUT2D eigenvalue weighted by Crippen LogP contribution is 2.27. The lowest BCUT2D eigenvalue weighted by Crippen LogP contribution is -2.29. The average Bonchev–Trinajstić information content (AvgIpc) is 3.04. The van der Waals surface area contributed by atoms with Gasteiger partial charge in [0.25, 0.3) is 0 Å². The smallest absolute Gasteiger partial charge is 0.306 e. The number of benzene rings is 1. The molecule has 1 heterocycles. The molecule has 0 atom stereocenters. The molecule has 1 saturated carbocycles. The fourth-order valence-electron chi connectivity index (χ4n) is 2.94. The first-order chi connectivity index (χ1) is 10.6. The highest BCUT2D eigenvalue weighted by Gasteiger charge is 2.25. The molecule has 1 aliphatic rings. The summed E-state index contributed by atoms with van der Waals surface area (Å²) in [5.74, 6) is -0.859. The second-order valence-electron chi connectivity index (χ2n) is 5.79. The zero-order chi connectivity index (χ0) is 15.5. The maximum Gasteiger partial charge on any atom is 0.306 e. The van der Waals surface area contributed by atoms with Crippen molar-refractivity contribution in [2.24, 2.45) is 5.92 Å². The Labute approximate surface area is 128 Å². The van der Waals surface area contributed by atoms with Gasteiger partial charge in [0, 0.05) is 11.7 Å². The largest absolute Gasteiger partial charge is 0.481 e.